The Labute approximate surface area is 106 Å². The Morgan fingerprint density at radius 2 is 2.00 bits per heavy atom. The molecular weight excluding hydrogens is 228 g/mol. The monoisotopic (exact) mass is 254 g/mol. The molecule has 0 saturated carbocycles. The SMILES string of the molecule is Cc1ccn(CCCO[Si](C)(C)C(C)(C)C)n1. The fourth-order valence-corrected chi connectivity index (χ4v) is 2.45. The molecule has 0 saturated heterocycles. The molecule has 98 valence electrons. The lowest BCUT2D eigenvalue weighted by Crippen LogP contribution is -2.41. The van der Waals surface area contributed by atoms with E-state index in [2.05, 4.69) is 39.0 Å². The summed E-state index contributed by atoms with van der Waals surface area (Å²) in [7, 11) is -1.57. The maximum Gasteiger partial charge on any atom is 0.191 e. The molecule has 4 heteroatoms. The smallest absolute Gasteiger partial charge is 0.191 e. The molecule has 0 fully saturated rings. The lowest BCUT2D eigenvalue weighted by Gasteiger charge is -2.36. The van der Waals surface area contributed by atoms with Gasteiger partial charge in [0.1, 0.15) is 0 Å². The minimum Gasteiger partial charge on any atom is -0.417 e. The van der Waals surface area contributed by atoms with Gasteiger partial charge >= 0.3 is 0 Å². The van der Waals surface area contributed by atoms with Crippen LogP contribution in [0, 0.1) is 6.92 Å². The quantitative estimate of drug-likeness (QED) is 0.593. The van der Waals surface area contributed by atoms with Crippen molar-refractivity contribution in [2.75, 3.05) is 6.61 Å². The van der Waals surface area contributed by atoms with Crippen LogP contribution in [0.2, 0.25) is 18.1 Å². The lowest BCUT2D eigenvalue weighted by atomic mass is 10.2. The van der Waals surface area contributed by atoms with Gasteiger partial charge in [0, 0.05) is 19.3 Å². The van der Waals surface area contributed by atoms with Crippen LogP contribution in [0.25, 0.3) is 0 Å². The molecule has 17 heavy (non-hydrogen) atoms. The predicted molar refractivity (Wildman–Crippen MR) is 74.7 cm³/mol. The van der Waals surface area contributed by atoms with Gasteiger partial charge in [0.05, 0.1) is 5.69 Å². The molecular formula is C13H26N2OSi. The Morgan fingerprint density at radius 3 is 2.47 bits per heavy atom. The second-order valence-corrected chi connectivity index (χ2v) is 11.0. The van der Waals surface area contributed by atoms with Crippen molar-refractivity contribution >= 4 is 8.32 Å². The molecule has 0 aliphatic heterocycles. The van der Waals surface area contributed by atoms with Crippen molar-refractivity contribution in [2.24, 2.45) is 0 Å². The molecule has 0 aliphatic rings. The highest BCUT2D eigenvalue weighted by Crippen LogP contribution is 2.36. The standard InChI is InChI=1S/C13H26N2OSi/c1-12-8-10-15(14-12)9-7-11-16-17(5,6)13(2,3)4/h8,10H,7,9,11H2,1-6H3. The topological polar surface area (TPSA) is 27.1 Å². The first kappa shape index (κ1) is 14.4. The van der Waals surface area contributed by atoms with Crippen LogP contribution in [-0.4, -0.2) is 24.7 Å². The first-order valence-electron chi connectivity index (χ1n) is 6.36. The first-order chi connectivity index (χ1) is 7.72. The molecule has 3 nitrogen and oxygen atoms in total. The van der Waals surface area contributed by atoms with Crippen molar-refractivity contribution in [3.05, 3.63) is 18.0 Å². The van der Waals surface area contributed by atoms with E-state index in [4.69, 9.17) is 4.43 Å². The molecule has 1 aromatic rings. The minimum atomic E-state index is -1.57. The Kier molecular flexibility index (Phi) is 4.55. The van der Waals surface area contributed by atoms with Crippen molar-refractivity contribution in [1.82, 2.24) is 9.78 Å². The largest absolute Gasteiger partial charge is 0.417 e. The molecule has 0 N–H and O–H groups in total. The highest BCUT2D eigenvalue weighted by atomic mass is 28.4. The summed E-state index contributed by atoms with van der Waals surface area (Å²) in [5, 5.41) is 4.67. The van der Waals surface area contributed by atoms with Crippen molar-refractivity contribution < 1.29 is 4.43 Å². The van der Waals surface area contributed by atoms with Crippen LogP contribution in [0.3, 0.4) is 0 Å². The molecule has 0 unspecified atom stereocenters. The molecule has 0 aromatic carbocycles. The number of hydrogen-bond donors (Lipinski definition) is 0. The van der Waals surface area contributed by atoms with E-state index >= 15 is 0 Å². The molecule has 1 rings (SSSR count). The predicted octanol–water partition coefficient (Wildman–Crippen LogP) is 3.60. The summed E-state index contributed by atoms with van der Waals surface area (Å²) < 4.78 is 8.11. The second-order valence-electron chi connectivity index (χ2n) is 6.18. The fraction of sp³-hybridized carbons (Fsp3) is 0.769. The average molecular weight is 254 g/mol. The van der Waals surface area contributed by atoms with Crippen LogP contribution in [0.1, 0.15) is 32.9 Å². The number of hydrogen-bond acceptors (Lipinski definition) is 2. The fourth-order valence-electron chi connectivity index (χ4n) is 1.36. The molecule has 0 amide bonds. The number of aromatic nitrogens is 2. The van der Waals surface area contributed by atoms with Crippen molar-refractivity contribution in [2.45, 2.75) is 58.8 Å². The lowest BCUT2D eigenvalue weighted by molar-refractivity contribution is 0.272. The second kappa shape index (κ2) is 5.36. The Morgan fingerprint density at radius 1 is 1.35 bits per heavy atom. The summed E-state index contributed by atoms with van der Waals surface area (Å²) in [6.07, 6.45) is 3.06. The van der Waals surface area contributed by atoms with E-state index in [1.807, 2.05) is 23.9 Å². The summed E-state index contributed by atoms with van der Waals surface area (Å²) in [4.78, 5) is 0. The van der Waals surface area contributed by atoms with E-state index < -0.39 is 8.32 Å². The summed E-state index contributed by atoms with van der Waals surface area (Å²) >= 11 is 0. The molecule has 0 radical (unpaired) electrons. The van der Waals surface area contributed by atoms with Gasteiger partial charge < -0.3 is 4.43 Å². The van der Waals surface area contributed by atoms with E-state index in [1.165, 1.54) is 0 Å². The summed E-state index contributed by atoms with van der Waals surface area (Å²) in [5.41, 5.74) is 1.08. The van der Waals surface area contributed by atoms with E-state index in [9.17, 15) is 0 Å². The maximum absolute atomic E-state index is 6.12. The maximum atomic E-state index is 6.12. The zero-order valence-electron chi connectivity index (χ0n) is 12.1. The summed E-state index contributed by atoms with van der Waals surface area (Å²) in [5.74, 6) is 0. The van der Waals surface area contributed by atoms with Gasteiger partial charge in [0.15, 0.2) is 8.32 Å². The van der Waals surface area contributed by atoms with E-state index in [1.54, 1.807) is 0 Å². The highest BCUT2D eigenvalue weighted by Gasteiger charge is 2.36. The van der Waals surface area contributed by atoms with E-state index in [0.717, 1.165) is 25.3 Å². The Hall–Kier alpha value is -0.613. The van der Waals surface area contributed by atoms with E-state index in [-0.39, 0.29) is 0 Å². The Bertz CT molecular complexity index is 353. The van der Waals surface area contributed by atoms with Crippen molar-refractivity contribution in [1.29, 1.82) is 0 Å². The average Bonchev–Trinajstić information content (AvgIpc) is 2.57. The third-order valence-electron chi connectivity index (χ3n) is 3.57. The van der Waals surface area contributed by atoms with Crippen LogP contribution >= 0.6 is 0 Å². The van der Waals surface area contributed by atoms with Crippen LogP contribution in [-0.2, 0) is 11.0 Å². The molecule has 0 spiro atoms. The van der Waals surface area contributed by atoms with Crippen molar-refractivity contribution in [3.63, 3.8) is 0 Å². The molecule has 0 bridgehead atoms. The first-order valence-corrected chi connectivity index (χ1v) is 9.27. The number of aryl methyl sites for hydroxylation is 2. The van der Waals surface area contributed by atoms with Gasteiger partial charge in [0.25, 0.3) is 0 Å². The zero-order valence-corrected chi connectivity index (χ0v) is 13.1. The van der Waals surface area contributed by atoms with Gasteiger partial charge in [-0.15, -0.1) is 0 Å². The van der Waals surface area contributed by atoms with Gasteiger partial charge in [-0.25, -0.2) is 0 Å². The molecule has 1 aromatic heterocycles. The van der Waals surface area contributed by atoms with Crippen LogP contribution < -0.4 is 0 Å². The zero-order chi connectivity index (χ0) is 13.1. The number of rotatable bonds is 5. The van der Waals surface area contributed by atoms with Crippen LogP contribution in [0.5, 0.6) is 0 Å². The molecule has 0 atom stereocenters. The summed E-state index contributed by atoms with van der Waals surface area (Å²) in [6, 6.07) is 2.04. The third-order valence-corrected chi connectivity index (χ3v) is 8.11. The van der Waals surface area contributed by atoms with Crippen LogP contribution in [0.15, 0.2) is 12.3 Å². The van der Waals surface area contributed by atoms with Gasteiger partial charge in [-0.05, 0) is 37.5 Å². The third kappa shape index (κ3) is 4.28. The van der Waals surface area contributed by atoms with Crippen LogP contribution in [0.4, 0.5) is 0 Å². The molecule has 0 aliphatic carbocycles. The highest BCUT2D eigenvalue weighted by molar-refractivity contribution is 6.74. The van der Waals surface area contributed by atoms with Gasteiger partial charge in [-0.2, -0.15) is 5.10 Å². The Balaban J connectivity index is 2.29. The normalized spacial score (nSPS) is 13.1. The van der Waals surface area contributed by atoms with Gasteiger partial charge in [-0.3, -0.25) is 4.68 Å². The van der Waals surface area contributed by atoms with Gasteiger partial charge in [-0.1, -0.05) is 20.8 Å². The van der Waals surface area contributed by atoms with Gasteiger partial charge in [0.2, 0.25) is 0 Å². The summed E-state index contributed by atoms with van der Waals surface area (Å²) in [6.45, 7) is 15.2. The minimum absolute atomic E-state index is 0.301. The number of nitrogens with zero attached hydrogens (tertiary/aromatic N) is 2. The molecule has 1 heterocycles. The van der Waals surface area contributed by atoms with Crippen molar-refractivity contribution in [3.8, 4) is 0 Å². The van der Waals surface area contributed by atoms with E-state index in [0.29, 0.717) is 5.04 Å².